The van der Waals surface area contributed by atoms with Gasteiger partial charge in [-0.25, -0.2) is 0 Å². The molecule has 4 nitrogen and oxygen atoms in total. The van der Waals surface area contributed by atoms with Crippen LogP contribution in [0.25, 0.3) is 11.1 Å². The molecule has 0 aromatic heterocycles. The van der Waals surface area contributed by atoms with E-state index in [-0.39, 0.29) is 11.5 Å². The second-order valence-electron chi connectivity index (χ2n) is 11.0. The number of aromatic hydroxyl groups is 2. The number of carboxylic acid groups (broad SMARTS) is 1. The van der Waals surface area contributed by atoms with Gasteiger partial charge in [0.15, 0.2) is 0 Å². The zero-order chi connectivity index (χ0) is 29.0. The molecule has 0 saturated heterocycles. The summed E-state index contributed by atoms with van der Waals surface area (Å²) in [7, 11) is 0. The molecular formula is C36H52O4. The molecule has 0 fully saturated rings. The molecule has 4 heteroatoms. The third kappa shape index (κ3) is 13.4. The Morgan fingerprint density at radius 2 is 1.10 bits per heavy atom. The van der Waals surface area contributed by atoms with Crippen LogP contribution in [0.4, 0.5) is 0 Å². The first-order valence-electron chi connectivity index (χ1n) is 15.6. The monoisotopic (exact) mass is 548 g/mol. The number of hydrogen-bond donors (Lipinski definition) is 3. The van der Waals surface area contributed by atoms with Crippen molar-refractivity contribution in [3.05, 3.63) is 71.8 Å². The lowest BCUT2D eigenvalue weighted by Gasteiger charge is -2.14. The third-order valence-corrected chi connectivity index (χ3v) is 7.83. The average Bonchev–Trinajstić information content (AvgIpc) is 3.47. The molecule has 0 amide bonds. The van der Waals surface area contributed by atoms with E-state index in [4.69, 9.17) is 5.11 Å². The highest BCUT2D eigenvalue weighted by Gasteiger charge is 2.09. The zero-order valence-electron chi connectivity index (χ0n) is 24.9. The first-order chi connectivity index (χ1) is 19.4. The fourth-order valence-electron chi connectivity index (χ4n) is 5.54. The Labute approximate surface area is 242 Å². The molecule has 0 aliphatic heterocycles. The summed E-state index contributed by atoms with van der Waals surface area (Å²) in [4.78, 5) is 10.3. The van der Waals surface area contributed by atoms with Gasteiger partial charge in [0.05, 0.1) is 0 Å². The summed E-state index contributed by atoms with van der Waals surface area (Å²) in [6, 6.07) is 14.7. The van der Waals surface area contributed by atoms with E-state index >= 15 is 0 Å². The van der Waals surface area contributed by atoms with Crippen LogP contribution in [0.1, 0.15) is 128 Å². The fraction of sp³-hybridized carbons (Fsp3) is 0.528. The van der Waals surface area contributed by atoms with E-state index in [2.05, 4.69) is 26.0 Å². The normalized spacial score (nSPS) is 14.9. The van der Waals surface area contributed by atoms with Crippen LogP contribution in [0.5, 0.6) is 11.5 Å². The lowest BCUT2D eigenvalue weighted by Crippen LogP contribution is -1.93. The Kier molecular flexibility index (Phi) is 16.6. The van der Waals surface area contributed by atoms with Gasteiger partial charge in [0, 0.05) is 6.42 Å². The number of phenolic OH excluding ortho intramolecular Hbond substituents is 2. The van der Waals surface area contributed by atoms with Crippen LogP contribution in [-0.2, 0) is 4.79 Å². The van der Waals surface area contributed by atoms with Gasteiger partial charge in [-0.15, -0.1) is 0 Å². The minimum absolute atomic E-state index is 0.284. The van der Waals surface area contributed by atoms with Crippen molar-refractivity contribution in [1.29, 1.82) is 0 Å². The van der Waals surface area contributed by atoms with E-state index in [1.807, 2.05) is 24.3 Å². The van der Waals surface area contributed by atoms with Gasteiger partial charge < -0.3 is 15.3 Å². The molecule has 220 valence electrons. The number of rotatable bonds is 17. The second kappa shape index (κ2) is 20.0. The van der Waals surface area contributed by atoms with E-state index in [0.29, 0.717) is 6.42 Å². The maximum atomic E-state index is 10.3. The average molecular weight is 549 g/mol. The van der Waals surface area contributed by atoms with Crippen molar-refractivity contribution >= 4 is 17.1 Å². The van der Waals surface area contributed by atoms with Crippen LogP contribution in [-0.4, -0.2) is 21.3 Å². The van der Waals surface area contributed by atoms with Gasteiger partial charge in [-0.05, 0) is 91.0 Å². The summed E-state index contributed by atoms with van der Waals surface area (Å²) in [5, 5.41) is 27.3. The fourth-order valence-corrected chi connectivity index (χ4v) is 5.54. The summed E-state index contributed by atoms with van der Waals surface area (Å²) >= 11 is 0. The van der Waals surface area contributed by atoms with Crippen LogP contribution in [0.15, 0.2) is 60.7 Å². The molecule has 1 aliphatic rings. The number of allylic oxidation sites excluding steroid dienone is 4. The molecule has 0 heterocycles. The highest BCUT2D eigenvalue weighted by molar-refractivity contribution is 5.90. The van der Waals surface area contributed by atoms with Gasteiger partial charge in [0.1, 0.15) is 11.5 Å². The maximum Gasteiger partial charge on any atom is 0.303 e. The minimum atomic E-state index is -0.655. The summed E-state index contributed by atoms with van der Waals surface area (Å²) in [6.07, 6.45) is 23.8. The topological polar surface area (TPSA) is 77.8 Å². The quantitative estimate of drug-likeness (QED) is 0.104. The lowest BCUT2D eigenvalue weighted by molar-refractivity contribution is -0.137. The molecule has 3 N–H and O–H groups in total. The van der Waals surface area contributed by atoms with Gasteiger partial charge in [0.25, 0.3) is 0 Å². The number of phenols is 2. The van der Waals surface area contributed by atoms with E-state index < -0.39 is 5.97 Å². The van der Waals surface area contributed by atoms with E-state index in [9.17, 15) is 15.0 Å². The minimum Gasteiger partial charge on any atom is -0.508 e. The highest BCUT2D eigenvalue weighted by atomic mass is 16.4. The van der Waals surface area contributed by atoms with Crippen molar-refractivity contribution in [2.24, 2.45) is 5.92 Å². The molecule has 0 spiro atoms. The first kappa shape index (κ1) is 33.2. The molecule has 0 bridgehead atoms. The van der Waals surface area contributed by atoms with E-state index in [0.717, 1.165) is 42.7 Å². The van der Waals surface area contributed by atoms with Crippen molar-refractivity contribution in [3.8, 4) is 11.5 Å². The summed E-state index contributed by atoms with van der Waals surface area (Å²) in [5.74, 6) is 0.803. The Bertz CT molecular complexity index is 962. The zero-order valence-corrected chi connectivity index (χ0v) is 24.9. The molecule has 40 heavy (non-hydrogen) atoms. The Morgan fingerprint density at radius 3 is 1.48 bits per heavy atom. The SMILES string of the molecule is CC/C(=C(/CC)c1ccc(O)cc1)c1ccc(O)cc1.O=C(O)CCCCCCCCCCCCC1C=CCC1. The molecule has 3 rings (SSSR count). The second-order valence-corrected chi connectivity index (χ2v) is 11.0. The predicted molar refractivity (Wildman–Crippen MR) is 169 cm³/mol. The van der Waals surface area contributed by atoms with Crippen molar-refractivity contribution in [1.82, 2.24) is 0 Å². The number of hydrogen-bond acceptors (Lipinski definition) is 3. The number of carbonyl (C=O) groups is 1. The van der Waals surface area contributed by atoms with Crippen LogP contribution >= 0.6 is 0 Å². The number of aliphatic carboxylic acids is 1. The van der Waals surface area contributed by atoms with Crippen LogP contribution in [0, 0.1) is 5.92 Å². The lowest BCUT2D eigenvalue weighted by atomic mass is 9.91. The summed E-state index contributed by atoms with van der Waals surface area (Å²) in [5.41, 5.74) is 4.82. The molecule has 2 aromatic carbocycles. The molecule has 0 saturated carbocycles. The van der Waals surface area contributed by atoms with Crippen molar-refractivity contribution in [2.45, 2.75) is 117 Å². The Balaban J connectivity index is 0.000000280. The standard InChI is InChI=1S/C18H20O2.C18H32O2/c1-3-17(13-5-9-15(19)10-6-13)18(4-2)14-7-11-16(20)12-8-14;19-18(20)16-10-8-6-4-2-1-3-5-7-9-13-17-14-11-12-15-17/h5-12,19-20H,3-4H2,1-2H3;11,14,17H,1-10,12-13,15-16H2,(H,19,20)/b18-17+;. The van der Waals surface area contributed by atoms with Gasteiger partial charge in [-0.1, -0.05) is 108 Å². The largest absolute Gasteiger partial charge is 0.508 e. The van der Waals surface area contributed by atoms with Gasteiger partial charge in [0.2, 0.25) is 0 Å². The molecule has 1 atom stereocenters. The van der Waals surface area contributed by atoms with Crippen LogP contribution < -0.4 is 0 Å². The smallest absolute Gasteiger partial charge is 0.303 e. The van der Waals surface area contributed by atoms with Crippen LogP contribution in [0.3, 0.4) is 0 Å². The van der Waals surface area contributed by atoms with Gasteiger partial charge in [-0.2, -0.15) is 0 Å². The van der Waals surface area contributed by atoms with Gasteiger partial charge >= 0.3 is 5.97 Å². The number of benzene rings is 2. The van der Waals surface area contributed by atoms with E-state index in [1.54, 1.807) is 24.3 Å². The molecule has 1 unspecified atom stereocenters. The van der Waals surface area contributed by atoms with Crippen molar-refractivity contribution in [3.63, 3.8) is 0 Å². The number of unbranched alkanes of at least 4 members (excludes halogenated alkanes) is 9. The van der Waals surface area contributed by atoms with E-state index in [1.165, 1.54) is 81.8 Å². The highest BCUT2D eigenvalue weighted by Crippen LogP contribution is 2.32. The maximum absolute atomic E-state index is 10.3. The molecule has 2 aromatic rings. The molecule has 1 aliphatic carbocycles. The first-order valence-corrected chi connectivity index (χ1v) is 15.6. The number of carboxylic acids is 1. The predicted octanol–water partition coefficient (Wildman–Crippen LogP) is 10.5. The van der Waals surface area contributed by atoms with Crippen molar-refractivity contribution in [2.75, 3.05) is 0 Å². The summed E-state index contributed by atoms with van der Waals surface area (Å²) < 4.78 is 0. The Hall–Kier alpha value is -3.01. The summed E-state index contributed by atoms with van der Waals surface area (Å²) in [6.45, 7) is 4.27. The van der Waals surface area contributed by atoms with Crippen molar-refractivity contribution < 1.29 is 20.1 Å². The molecule has 0 radical (unpaired) electrons. The van der Waals surface area contributed by atoms with Gasteiger partial charge in [-0.3, -0.25) is 4.79 Å². The third-order valence-electron chi connectivity index (χ3n) is 7.83. The Morgan fingerprint density at radius 1 is 0.675 bits per heavy atom. The van der Waals surface area contributed by atoms with Crippen LogP contribution in [0.2, 0.25) is 0 Å². The molecular weight excluding hydrogens is 496 g/mol.